The molecule has 4 amide bonds. The molecule has 0 aliphatic carbocycles. The van der Waals surface area contributed by atoms with Crippen LogP contribution in [0.5, 0.6) is 0 Å². The van der Waals surface area contributed by atoms with Crippen molar-refractivity contribution in [3.63, 3.8) is 0 Å². The predicted octanol–water partition coefficient (Wildman–Crippen LogP) is 3.32. The molecule has 1 N–H and O–H groups in total. The highest BCUT2D eigenvalue weighted by molar-refractivity contribution is 6.10. The number of non-ortho nitro benzene ring substituents is 1. The van der Waals surface area contributed by atoms with Gasteiger partial charge in [-0.15, -0.1) is 0 Å². The minimum Gasteiger partial charge on any atom is -0.319 e. The Morgan fingerprint density at radius 1 is 1.09 bits per heavy atom. The van der Waals surface area contributed by atoms with Crippen molar-refractivity contribution in [2.24, 2.45) is 0 Å². The van der Waals surface area contributed by atoms with E-state index in [0.29, 0.717) is 11.3 Å². The van der Waals surface area contributed by atoms with Gasteiger partial charge in [-0.25, -0.2) is 4.79 Å². The standard InChI is InChI=1S/C23H26N4O5/c1-22(2,3)15-6-8-16(9-7-15)23(4)20(29)26(21(30)24-23)14-19(28)25(5)17-10-12-18(13-11-17)27(31)32/h6-13H,14H2,1-5H3,(H,24,30). The van der Waals surface area contributed by atoms with Crippen molar-refractivity contribution in [3.8, 4) is 0 Å². The van der Waals surface area contributed by atoms with Gasteiger partial charge in [-0.1, -0.05) is 45.0 Å². The average Bonchev–Trinajstić information content (AvgIpc) is 2.96. The molecule has 1 aliphatic heterocycles. The Morgan fingerprint density at radius 2 is 1.66 bits per heavy atom. The van der Waals surface area contributed by atoms with Crippen LogP contribution in [0.25, 0.3) is 0 Å². The predicted molar refractivity (Wildman–Crippen MR) is 119 cm³/mol. The van der Waals surface area contributed by atoms with Crippen LogP contribution in [0, 0.1) is 10.1 Å². The maximum absolute atomic E-state index is 13.1. The van der Waals surface area contributed by atoms with Crippen LogP contribution in [0.4, 0.5) is 16.2 Å². The number of benzene rings is 2. The summed E-state index contributed by atoms with van der Waals surface area (Å²) in [5.74, 6) is -1.02. The number of nitro benzene ring substituents is 1. The molecule has 168 valence electrons. The van der Waals surface area contributed by atoms with Crippen molar-refractivity contribution < 1.29 is 19.3 Å². The number of imide groups is 1. The van der Waals surface area contributed by atoms with Crippen LogP contribution in [0.15, 0.2) is 48.5 Å². The molecule has 1 heterocycles. The maximum Gasteiger partial charge on any atom is 0.325 e. The minimum atomic E-state index is -1.28. The molecular weight excluding hydrogens is 412 g/mol. The summed E-state index contributed by atoms with van der Waals surface area (Å²) in [7, 11) is 1.48. The lowest BCUT2D eigenvalue weighted by Crippen LogP contribution is -2.43. The first-order valence-corrected chi connectivity index (χ1v) is 10.1. The van der Waals surface area contributed by atoms with Crippen molar-refractivity contribution in [1.29, 1.82) is 0 Å². The topological polar surface area (TPSA) is 113 Å². The van der Waals surface area contributed by atoms with Gasteiger partial charge in [-0.3, -0.25) is 24.6 Å². The summed E-state index contributed by atoms with van der Waals surface area (Å²) in [5, 5.41) is 13.5. The number of likely N-dealkylation sites (N-methyl/N-ethyl adjacent to an activating group) is 1. The SMILES string of the molecule is CN(C(=O)CN1C(=O)NC(C)(c2ccc(C(C)(C)C)cc2)C1=O)c1ccc([N+](=O)[O-])cc1. The molecule has 1 fully saturated rings. The molecule has 0 spiro atoms. The van der Waals surface area contributed by atoms with E-state index in [0.717, 1.165) is 10.5 Å². The summed E-state index contributed by atoms with van der Waals surface area (Å²) in [4.78, 5) is 50.8. The summed E-state index contributed by atoms with van der Waals surface area (Å²) in [6.45, 7) is 7.42. The molecule has 0 saturated carbocycles. The maximum atomic E-state index is 13.1. The Bertz CT molecular complexity index is 1070. The van der Waals surface area contributed by atoms with Crippen LogP contribution in [-0.4, -0.2) is 41.3 Å². The Labute approximate surface area is 186 Å². The molecule has 1 atom stereocenters. The Morgan fingerprint density at radius 3 is 2.16 bits per heavy atom. The van der Waals surface area contributed by atoms with Crippen molar-refractivity contribution in [2.45, 2.75) is 38.6 Å². The van der Waals surface area contributed by atoms with Crippen molar-refractivity contribution in [3.05, 3.63) is 69.8 Å². The first-order chi connectivity index (χ1) is 14.8. The number of nitro groups is 1. The summed E-state index contributed by atoms with van der Waals surface area (Å²) in [6, 6.07) is 12.3. The number of hydrogen-bond donors (Lipinski definition) is 1. The fraction of sp³-hybridized carbons (Fsp3) is 0.348. The monoisotopic (exact) mass is 438 g/mol. The smallest absolute Gasteiger partial charge is 0.319 e. The van der Waals surface area contributed by atoms with Gasteiger partial charge in [0.15, 0.2) is 0 Å². The van der Waals surface area contributed by atoms with Gasteiger partial charge in [0.2, 0.25) is 5.91 Å². The Balaban J connectivity index is 1.76. The molecule has 3 rings (SSSR count). The number of hydrogen-bond acceptors (Lipinski definition) is 5. The first kappa shape index (κ1) is 22.9. The zero-order valence-electron chi connectivity index (χ0n) is 18.7. The number of urea groups is 1. The van der Waals surface area contributed by atoms with Crippen LogP contribution < -0.4 is 10.2 Å². The van der Waals surface area contributed by atoms with Crippen molar-refractivity contribution in [2.75, 3.05) is 18.5 Å². The zero-order valence-corrected chi connectivity index (χ0v) is 18.7. The minimum absolute atomic E-state index is 0.0523. The first-order valence-electron chi connectivity index (χ1n) is 10.1. The number of anilines is 1. The van der Waals surface area contributed by atoms with Crippen LogP contribution >= 0.6 is 0 Å². The lowest BCUT2D eigenvalue weighted by Gasteiger charge is -2.25. The summed E-state index contributed by atoms with van der Waals surface area (Å²) in [6.07, 6.45) is 0. The summed E-state index contributed by atoms with van der Waals surface area (Å²) in [5.41, 5.74) is 0.703. The van der Waals surface area contributed by atoms with Gasteiger partial charge in [0.1, 0.15) is 12.1 Å². The van der Waals surface area contributed by atoms with E-state index in [-0.39, 0.29) is 11.1 Å². The van der Waals surface area contributed by atoms with Gasteiger partial charge in [0, 0.05) is 24.9 Å². The van der Waals surface area contributed by atoms with E-state index in [4.69, 9.17) is 0 Å². The molecule has 1 unspecified atom stereocenters. The number of carbonyl (C=O) groups is 3. The highest BCUT2D eigenvalue weighted by Crippen LogP contribution is 2.31. The van der Waals surface area contributed by atoms with E-state index >= 15 is 0 Å². The molecule has 9 nitrogen and oxygen atoms in total. The second kappa shape index (κ2) is 8.07. The Kier molecular flexibility index (Phi) is 5.78. The fourth-order valence-electron chi connectivity index (χ4n) is 3.52. The summed E-state index contributed by atoms with van der Waals surface area (Å²) >= 11 is 0. The van der Waals surface area contributed by atoms with Gasteiger partial charge < -0.3 is 10.2 Å². The van der Waals surface area contributed by atoms with Gasteiger partial charge >= 0.3 is 6.03 Å². The fourth-order valence-corrected chi connectivity index (χ4v) is 3.52. The van der Waals surface area contributed by atoms with Crippen LogP contribution in [0.2, 0.25) is 0 Å². The third kappa shape index (κ3) is 4.18. The third-order valence-corrected chi connectivity index (χ3v) is 5.72. The van der Waals surface area contributed by atoms with Crippen LogP contribution in [0.3, 0.4) is 0 Å². The van der Waals surface area contributed by atoms with Crippen molar-refractivity contribution in [1.82, 2.24) is 10.2 Å². The van der Waals surface area contributed by atoms with Crippen molar-refractivity contribution >= 4 is 29.2 Å². The highest BCUT2D eigenvalue weighted by Gasteiger charge is 2.49. The molecule has 9 heteroatoms. The normalized spacial score (nSPS) is 18.5. The number of nitrogens with zero attached hydrogens (tertiary/aromatic N) is 3. The number of nitrogens with one attached hydrogen (secondary N) is 1. The second-order valence-corrected chi connectivity index (χ2v) is 9.00. The zero-order chi connectivity index (χ0) is 23.8. The number of amides is 4. The van der Waals surface area contributed by atoms with E-state index in [1.54, 1.807) is 6.92 Å². The lowest BCUT2D eigenvalue weighted by molar-refractivity contribution is -0.384. The molecule has 32 heavy (non-hydrogen) atoms. The molecule has 2 aromatic carbocycles. The number of rotatable bonds is 5. The van der Waals surface area contributed by atoms with Gasteiger partial charge in [0.05, 0.1) is 4.92 Å². The largest absolute Gasteiger partial charge is 0.325 e. The molecule has 2 aromatic rings. The molecule has 1 aliphatic rings. The van der Waals surface area contributed by atoms with E-state index in [1.165, 1.54) is 36.2 Å². The van der Waals surface area contributed by atoms with E-state index in [2.05, 4.69) is 26.1 Å². The molecular formula is C23H26N4O5. The lowest BCUT2D eigenvalue weighted by atomic mass is 9.84. The molecule has 0 aromatic heterocycles. The molecule has 0 bridgehead atoms. The van der Waals surface area contributed by atoms with E-state index < -0.39 is 34.9 Å². The van der Waals surface area contributed by atoms with E-state index in [1.807, 2.05) is 24.3 Å². The van der Waals surface area contributed by atoms with E-state index in [9.17, 15) is 24.5 Å². The van der Waals surface area contributed by atoms with Gasteiger partial charge in [-0.2, -0.15) is 0 Å². The number of carbonyl (C=O) groups excluding carboxylic acids is 3. The Hall–Kier alpha value is -3.75. The average molecular weight is 438 g/mol. The molecule has 1 saturated heterocycles. The van der Waals surface area contributed by atoms with Gasteiger partial charge in [-0.05, 0) is 35.6 Å². The van der Waals surface area contributed by atoms with Crippen LogP contribution in [-0.2, 0) is 20.5 Å². The second-order valence-electron chi connectivity index (χ2n) is 9.00. The third-order valence-electron chi connectivity index (χ3n) is 5.72. The quantitative estimate of drug-likeness (QED) is 0.437. The summed E-state index contributed by atoms with van der Waals surface area (Å²) < 4.78 is 0. The van der Waals surface area contributed by atoms with Gasteiger partial charge in [0.25, 0.3) is 11.6 Å². The van der Waals surface area contributed by atoms with Crippen LogP contribution in [0.1, 0.15) is 38.8 Å². The molecule has 0 radical (unpaired) electrons. The highest BCUT2D eigenvalue weighted by atomic mass is 16.6.